The van der Waals surface area contributed by atoms with Gasteiger partial charge in [-0.1, -0.05) is 36.4 Å². The number of carbonyl (C=O) groups excluding carboxylic acids is 2. The lowest BCUT2D eigenvalue weighted by molar-refractivity contribution is -0.120. The van der Waals surface area contributed by atoms with Crippen molar-refractivity contribution in [2.75, 3.05) is 13.1 Å². The van der Waals surface area contributed by atoms with Gasteiger partial charge in [0.25, 0.3) is 5.91 Å². The predicted octanol–water partition coefficient (Wildman–Crippen LogP) is 4.10. The molecule has 148 valence electrons. The van der Waals surface area contributed by atoms with Crippen LogP contribution in [0.25, 0.3) is 11.1 Å². The molecule has 1 aliphatic heterocycles. The van der Waals surface area contributed by atoms with Crippen LogP contribution < -0.4 is 0 Å². The van der Waals surface area contributed by atoms with Gasteiger partial charge in [0.15, 0.2) is 0 Å². The highest BCUT2D eigenvalue weighted by atomic mass is 19.1. The Morgan fingerprint density at radius 1 is 1.07 bits per heavy atom. The standard InChI is InChI=1S/C23H22FN3O2/c1-16(20-4-2-3-5-21(20)17-6-8-18(24)9-7-17)27-15-25-14-22(27)23(29)26-12-10-19(28)11-13-26/h2-9,14-16H,10-13H2,1H3. The third-order valence-electron chi connectivity index (χ3n) is 5.48. The molecule has 0 radical (unpaired) electrons. The average Bonchev–Trinajstić information content (AvgIpc) is 3.24. The lowest BCUT2D eigenvalue weighted by atomic mass is 9.95. The van der Waals surface area contributed by atoms with Crippen LogP contribution in [0.1, 0.15) is 41.9 Å². The Morgan fingerprint density at radius 2 is 1.76 bits per heavy atom. The van der Waals surface area contributed by atoms with Gasteiger partial charge in [0.1, 0.15) is 17.3 Å². The van der Waals surface area contributed by atoms with Crippen molar-refractivity contribution in [3.05, 3.63) is 78.1 Å². The largest absolute Gasteiger partial charge is 0.336 e. The van der Waals surface area contributed by atoms with Crippen LogP contribution in [0.3, 0.4) is 0 Å². The minimum absolute atomic E-state index is 0.110. The molecule has 0 saturated carbocycles. The molecule has 1 fully saturated rings. The van der Waals surface area contributed by atoms with Crippen LogP contribution >= 0.6 is 0 Å². The average molecular weight is 391 g/mol. The highest BCUT2D eigenvalue weighted by Gasteiger charge is 2.26. The van der Waals surface area contributed by atoms with Gasteiger partial charge in [-0.05, 0) is 35.7 Å². The molecular weight excluding hydrogens is 369 g/mol. The molecular formula is C23H22FN3O2. The molecule has 0 bridgehead atoms. The van der Waals surface area contributed by atoms with Crippen molar-refractivity contribution in [2.24, 2.45) is 0 Å². The van der Waals surface area contributed by atoms with E-state index in [1.54, 1.807) is 29.6 Å². The minimum atomic E-state index is -0.276. The summed E-state index contributed by atoms with van der Waals surface area (Å²) in [5.74, 6) is -0.188. The lowest BCUT2D eigenvalue weighted by Gasteiger charge is -2.27. The number of hydrogen-bond acceptors (Lipinski definition) is 3. The number of likely N-dealkylation sites (tertiary alicyclic amines) is 1. The molecule has 3 aromatic rings. The summed E-state index contributed by atoms with van der Waals surface area (Å²) in [6, 6.07) is 14.2. The summed E-state index contributed by atoms with van der Waals surface area (Å²) in [6.07, 6.45) is 4.05. The zero-order valence-corrected chi connectivity index (χ0v) is 16.2. The van der Waals surface area contributed by atoms with Crippen molar-refractivity contribution in [2.45, 2.75) is 25.8 Å². The second-order valence-corrected chi connectivity index (χ2v) is 7.29. The molecule has 1 amide bonds. The van der Waals surface area contributed by atoms with Gasteiger partial charge in [-0.3, -0.25) is 9.59 Å². The van der Waals surface area contributed by atoms with E-state index < -0.39 is 0 Å². The van der Waals surface area contributed by atoms with Crippen LogP contribution in [0.15, 0.2) is 61.1 Å². The van der Waals surface area contributed by atoms with Crippen LogP contribution in [-0.2, 0) is 4.79 Å². The Bertz CT molecular complexity index is 1030. The fraction of sp³-hybridized carbons (Fsp3) is 0.261. The van der Waals surface area contributed by atoms with E-state index in [9.17, 15) is 14.0 Å². The summed E-state index contributed by atoms with van der Waals surface area (Å²) in [4.78, 5) is 30.4. The van der Waals surface area contributed by atoms with Gasteiger partial charge in [0.2, 0.25) is 0 Å². The van der Waals surface area contributed by atoms with Gasteiger partial charge < -0.3 is 9.47 Å². The molecule has 2 aromatic carbocycles. The molecule has 1 aromatic heterocycles. The van der Waals surface area contributed by atoms with Crippen molar-refractivity contribution < 1.29 is 14.0 Å². The second-order valence-electron chi connectivity index (χ2n) is 7.29. The first-order chi connectivity index (χ1) is 14.0. The SMILES string of the molecule is CC(c1ccccc1-c1ccc(F)cc1)n1cncc1C(=O)N1CCC(=O)CC1. The van der Waals surface area contributed by atoms with Crippen molar-refractivity contribution in [3.63, 3.8) is 0 Å². The first-order valence-electron chi connectivity index (χ1n) is 9.72. The van der Waals surface area contributed by atoms with E-state index in [4.69, 9.17) is 0 Å². The van der Waals surface area contributed by atoms with Crippen LogP contribution in [0.2, 0.25) is 0 Å². The van der Waals surface area contributed by atoms with E-state index in [0.717, 1.165) is 16.7 Å². The number of piperidine rings is 1. The second kappa shape index (κ2) is 7.99. The fourth-order valence-corrected chi connectivity index (χ4v) is 3.80. The monoisotopic (exact) mass is 391 g/mol. The van der Waals surface area contributed by atoms with Gasteiger partial charge in [0.05, 0.1) is 18.6 Å². The van der Waals surface area contributed by atoms with Crippen molar-refractivity contribution in [1.29, 1.82) is 0 Å². The summed E-state index contributed by atoms with van der Waals surface area (Å²) >= 11 is 0. The zero-order chi connectivity index (χ0) is 20.4. The Hall–Kier alpha value is -3.28. The number of aromatic nitrogens is 2. The van der Waals surface area contributed by atoms with Crippen LogP contribution in [0.4, 0.5) is 4.39 Å². The number of imidazole rings is 1. The molecule has 0 N–H and O–H groups in total. The number of rotatable bonds is 4. The van der Waals surface area contributed by atoms with E-state index in [1.807, 2.05) is 35.8 Å². The minimum Gasteiger partial charge on any atom is -0.336 e. The number of amides is 1. The number of ketones is 1. The molecule has 0 aliphatic carbocycles. The molecule has 6 heteroatoms. The van der Waals surface area contributed by atoms with Crippen molar-refractivity contribution in [1.82, 2.24) is 14.5 Å². The fourth-order valence-electron chi connectivity index (χ4n) is 3.80. The number of hydrogen-bond donors (Lipinski definition) is 0. The van der Waals surface area contributed by atoms with Gasteiger partial charge in [-0.25, -0.2) is 9.37 Å². The zero-order valence-electron chi connectivity index (χ0n) is 16.2. The topological polar surface area (TPSA) is 55.2 Å². The summed E-state index contributed by atoms with van der Waals surface area (Å²) < 4.78 is 15.2. The maximum absolute atomic E-state index is 13.4. The molecule has 1 atom stereocenters. The molecule has 29 heavy (non-hydrogen) atoms. The molecule has 0 spiro atoms. The van der Waals surface area contributed by atoms with Crippen LogP contribution in [0, 0.1) is 5.82 Å². The Balaban J connectivity index is 1.66. The third kappa shape index (κ3) is 3.83. The molecule has 2 heterocycles. The smallest absolute Gasteiger partial charge is 0.272 e. The Kier molecular flexibility index (Phi) is 5.25. The molecule has 5 nitrogen and oxygen atoms in total. The summed E-state index contributed by atoms with van der Waals surface area (Å²) in [5.41, 5.74) is 3.41. The van der Waals surface area contributed by atoms with E-state index in [0.29, 0.717) is 31.6 Å². The molecule has 1 unspecified atom stereocenters. The summed E-state index contributed by atoms with van der Waals surface area (Å²) in [5, 5.41) is 0. The lowest BCUT2D eigenvalue weighted by Crippen LogP contribution is -2.39. The highest BCUT2D eigenvalue weighted by molar-refractivity contribution is 5.94. The summed E-state index contributed by atoms with van der Waals surface area (Å²) in [6.45, 7) is 2.91. The third-order valence-corrected chi connectivity index (χ3v) is 5.48. The number of halogens is 1. The number of carbonyl (C=O) groups is 2. The van der Waals surface area contributed by atoms with Crippen LogP contribution in [-0.4, -0.2) is 39.2 Å². The number of Topliss-reactive ketones (excluding diaryl/α,β-unsaturated/α-hetero) is 1. The number of benzene rings is 2. The highest BCUT2D eigenvalue weighted by Crippen LogP contribution is 2.31. The van der Waals surface area contributed by atoms with E-state index >= 15 is 0 Å². The first-order valence-corrected chi connectivity index (χ1v) is 9.72. The van der Waals surface area contributed by atoms with Crippen molar-refractivity contribution in [3.8, 4) is 11.1 Å². The molecule has 1 saturated heterocycles. The quantitative estimate of drug-likeness (QED) is 0.673. The van der Waals surface area contributed by atoms with Gasteiger partial charge >= 0.3 is 0 Å². The van der Waals surface area contributed by atoms with Crippen molar-refractivity contribution >= 4 is 11.7 Å². The maximum Gasteiger partial charge on any atom is 0.272 e. The van der Waals surface area contributed by atoms with E-state index in [1.165, 1.54) is 12.1 Å². The van der Waals surface area contributed by atoms with Gasteiger partial charge in [0, 0.05) is 25.9 Å². The molecule has 4 rings (SSSR count). The van der Waals surface area contributed by atoms with Crippen LogP contribution in [0.5, 0.6) is 0 Å². The van der Waals surface area contributed by atoms with E-state index in [-0.39, 0.29) is 23.5 Å². The number of nitrogens with zero attached hydrogens (tertiary/aromatic N) is 3. The van der Waals surface area contributed by atoms with Gasteiger partial charge in [-0.15, -0.1) is 0 Å². The van der Waals surface area contributed by atoms with Gasteiger partial charge in [-0.2, -0.15) is 0 Å². The first kappa shape index (κ1) is 19.1. The predicted molar refractivity (Wildman–Crippen MR) is 108 cm³/mol. The maximum atomic E-state index is 13.4. The normalized spacial score (nSPS) is 15.4. The Labute approximate surface area is 168 Å². The summed E-state index contributed by atoms with van der Waals surface area (Å²) in [7, 11) is 0. The molecule has 1 aliphatic rings. The van der Waals surface area contributed by atoms with E-state index in [2.05, 4.69) is 4.98 Å². The Morgan fingerprint density at radius 3 is 2.48 bits per heavy atom.